The van der Waals surface area contributed by atoms with E-state index in [1.54, 1.807) is 0 Å². The molecule has 1 unspecified atom stereocenters. The molecule has 0 saturated carbocycles. The fourth-order valence-corrected chi connectivity index (χ4v) is 1.56. The Hall–Kier alpha value is -0.950. The van der Waals surface area contributed by atoms with Crippen LogP contribution in [0.15, 0.2) is 0 Å². The van der Waals surface area contributed by atoms with Crippen LogP contribution in [0.25, 0.3) is 0 Å². The van der Waals surface area contributed by atoms with Gasteiger partial charge in [-0.15, -0.1) is 0 Å². The third-order valence-corrected chi connectivity index (χ3v) is 2.58. The molecule has 13 heavy (non-hydrogen) atoms. The molecule has 76 valence electrons. The molecule has 0 aromatic rings. The molecule has 0 heterocycles. The van der Waals surface area contributed by atoms with Gasteiger partial charge in [0.15, 0.2) is 5.66 Å². The van der Waals surface area contributed by atoms with Crippen LogP contribution in [0.5, 0.6) is 0 Å². The van der Waals surface area contributed by atoms with Crippen molar-refractivity contribution in [3.8, 4) is 0 Å². The third kappa shape index (κ3) is 3.11. The standard InChI is InChI=1S/C4H9N2O6P/c5-1(4(8)9)2(3(6)7)13(10,11)12/h1-2H,5H2,(H2,6,7)(H,8,9)(H2,10,11,12)/t1-,2?/m0/s1. The van der Waals surface area contributed by atoms with Gasteiger partial charge in [-0.25, -0.2) is 0 Å². The molecule has 0 aromatic heterocycles. The van der Waals surface area contributed by atoms with Gasteiger partial charge in [-0.2, -0.15) is 0 Å². The summed E-state index contributed by atoms with van der Waals surface area (Å²) in [6.07, 6.45) is 0. The molecule has 0 fully saturated rings. The molecule has 0 aliphatic rings. The molecule has 7 N–H and O–H groups in total. The second-order valence-corrected chi connectivity index (χ2v) is 4.03. The van der Waals surface area contributed by atoms with E-state index in [0.717, 1.165) is 0 Å². The molecular weight excluding hydrogens is 203 g/mol. The van der Waals surface area contributed by atoms with E-state index in [2.05, 4.69) is 5.73 Å². The van der Waals surface area contributed by atoms with Gasteiger partial charge in [0.1, 0.15) is 6.04 Å². The maximum atomic E-state index is 10.6. The molecule has 8 nitrogen and oxygen atoms in total. The summed E-state index contributed by atoms with van der Waals surface area (Å²) < 4.78 is 10.6. The van der Waals surface area contributed by atoms with E-state index in [9.17, 15) is 14.2 Å². The third-order valence-electron chi connectivity index (χ3n) is 1.28. The Morgan fingerprint density at radius 1 is 1.31 bits per heavy atom. The Kier molecular flexibility index (Phi) is 3.56. The molecule has 0 radical (unpaired) electrons. The summed E-state index contributed by atoms with van der Waals surface area (Å²) in [5.41, 5.74) is 7.25. The van der Waals surface area contributed by atoms with E-state index in [-0.39, 0.29) is 0 Å². The number of carbonyl (C=O) groups excluding carboxylic acids is 1. The normalized spacial score (nSPS) is 16.2. The molecule has 0 aromatic carbocycles. The van der Waals surface area contributed by atoms with E-state index in [4.69, 9.17) is 20.6 Å². The van der Waals surface area contributed by atoms with Crippen LogP contribution in [0.2, 0.25) is 0 Å². The van der Waals surface area contributed by atoms with Crippen LogP contribution < -0.4 is 11.5 Å². The number of nitrogens with two attached hydrogens (primary N) is 2. The number of carboxylic acid groups (broad SMARTS) is 1. The molecular formula is C4H9N2O6P. The first-order valence-corrected chi connectivity index (χ1v) is 4.69. The first kappa shape index (κ1) is 12.0. The van der Waals surface area contributed by atoms with Gasteiger partial charge >= 0.3 is 13.6 Å². The van der Waals surface area contributed by atoms with Crippen molar-refractivity contribution in [2.75, 3.05) is 0 Å². The summed E-state index contributed by atoms with van der Waals surface area (Å²) in [4.78, 5) is 37.8. The number of hydrogen-bond donors (Lipinski definition) is 5. The van der Waals surface area contributed by atoms with Gasteiger partial charge in [-0.05, 0) is 0 Å². The summed E-state index contributed by atoms with van der Waals surface area (Å²) in [7, 11) is -4.92. The van der Waals surface area contributed by atoms with Gasteiger partial charge < -0.3 is 26.4 Å². The largest absolute Gasteiger partial charge is 0.480 e. The topological polar surface area (TPSA) is 164 Å². The van der Waals surface area contributed by atoms with Crippen molar-refractivity contribution in [3.63, 3.8) is 0 Å². The van der Waals surface area contributed by atoms with Crippen molar-refractivity contribution < 1.29 is 29.0 Å². The molecule has 0 aliphatic heterocycles. The summed E-state index contributed by atoms with van der Waals surface area (Å²) >= 11 is 0. The lowest BCUT2D eigenvalue weighted by Crippen LogP contribution is -2.48. The quantitative estimate of drug-likeness (QED) is 0.319. The lowest BCUT2D eigenvalue weighted by Gasteiger charge is -2.17. The summed E-state index contributed by atoms with van der Waals surface area (Å²) in [6.45, 7) is 0. The predicted molar refractivity (Wildman–Crippen MR) is 40.6 cm³/mol. The monoisotopic (exact) mass is 212 g/mol. The van der Waals surface area contributed by atoms with E-state index in [1.165, 1.54) is 0 Å². The van der Waals surface area contributed by atoms with Crippen molar-refractivity contribution >= 4 is 19.5 Å². The minimum absolute atomic E-state index is 1.44. The fourth-order valence-electron chi connectivity index (χ4n) is 0.687. The van der Waals surface area contributed by atoms with Crippen LogP contribution >= 0.6 is 7.60 Å². The Morgan fingerprint density at radius 2 is 1.69 bits per heavy atom. The van der Waals surface area contributed by atoms with Crippen molar-refractivity contribution in [1.29, 1.82) is 0 Å². The minimum atomic E-state index is -4.92. The van der Waals surface area contributed by atoms with E-state index < -0.39 is 31.2 Å². The Bertz CT molecular complexity index is 272. The molecule has 0 aliphatic carbocycles. The number of hydrogen-bond acceptors (Lipinski definition) is 4. The maximum absolute atomic E-state index is 10.6. The van der Waals surface area contributed by atoms with Crippen LogP contribution in [0.3, 0.4) is 0 Å². The molecule has 1 amide bonds. The van der Waals surface area contributed by atoms with Crippen molar-refractivity contribution in [1.82, 2.24) is 0 Å². The summed E-state index contributed by atoms with van der Waals surface area (Å²) in [5, 5.41) is 8.29. The van der Waals surface area contributed by atoms with Crippen LogP contribution in [0.4, 0.5) is 0 Å². The van der Waals surface area contributed by atoms with Gasteiger partial charge in [0.2, 0.25) is 5.91 Å². The van der Waals surface area contributed by atoms with Crippen LogP contribution in [0, 0.1) is 0 Å². The average Bonchev–Trinajstić information content (AvgIpc) is 1.82. The Morgan fingerprint density at radius 3 is 1.77 bits per heavy atom. The highest BCUT2D eigenvalue weighted by molar-refractivity contribution is 7.53. The smallest absolute Gasteiger partial charge is 0.340 e. The molecule has 0 saturated heterocycles. The van der Waals surface area contributed by atoms with Gasteiger partial charge in [0.25, 0.3) is 0 Å². The SMILES string of the molecule is NC(=O)C([C@H](N)C(=O)O)P(=O)(O)O. The number of carbonyl (C=O) groups is 2. The highest BCUT2D eigenvalue weighted by Gasteiger charge is 2.42. The van der Waals surface area contributed by atoms with Crippen molar-refractivity contribution in [2.45, 2.75) is 11.7 Å². The van der Waals surface area contributed by atoms with Gasteiger partial charge in [0, 0.05) is 0 Å². The lowest BCUT2D eigenvalue weighted by molar-refractivity contribution is -0.140. The molecule has 9 heteroatoms. The molecule has 0 spiro atoms. The fraction of sp³-hybridized carbons (Fsp3) is 0.500. The number of primary amides is 1. The number of carboxylic acids is 1. The number of aliphatic carboxylic acids is 1. The average molecular weight is 212 g/mol. The van der Waals surface area contributed by atoms with Crippen LogP contribution in [-0.2, 0) is 14.2 Å². The molecule has 0 rings (SSSR count). The number of amides is 1. The lowest BCUT2D eigenvalue weighted by atomic mass is 10.2. The zero-order valence-electron chi connectivity index (χ0n) is 6.32. The second-order valence-electron chi connectivity index (χ2n) is 2.30. The Labute approximate surface area is 72.7 Å². The second kappa shape index (κ2) is 3.84. The van der Waals surface area contributed by atoms with Gasteiger partial charge in [-0.3, -0.25) is 14.2 Å². The molecule has 2 atom stereocenters. The first-order chi connectivity index (χ1) is 5.68. The summed E-state index contributed by atoms with van der Waals surface area (Å²) in [5.74, 6) is -3.14. The van der Waals surface area contributed by atoms with E-state index in [0.29, 0.717) is 0 Å². The zero-order chi connectivity index (χ0) is 10.8. The van der Waals surface area contributed by atoms with Gasteiger partial charge in [0.05, 0.1) is 0 Å². The van der Waals surface area contributed by atoms with E-state index in [1.807, 2.05) is 0 Å². The van der Waals surface area contributed by atoms with Crippen molar-refractivity contribution in [2.24, 2.45) is 11.5 Å². The van der Waals surface area contributed by atoms with E-state index >= 15 is 0 Å². The van der Waals surface area contributed by atoms with Crippen LogP contribution in [0.1, 0.15) is 0 Å². The maximum Gasteiger partial charge on any atom is 0.340 e. The highest BCUT2D eigenvalue weighted by Crippen LogP contribution is 2.42. The number of rotatable bonds is 4. The highest BCUT2D eigenvalue weighted by atomic mass is 31.2. The van der Waals surface area contributed by atoms with Crippen LogP contribution in [-0.4, -0.2) is 38.5 Å². The first-order valence-electron chi connectivity index (χ1n) is 3.01. The van der Waals surface area contributed by atoms with Gasteiger partial charge in [-0.1, -0.05) is 0 Å². The predicted octanol–water partition coefficient (Wildman–Crippen LogP) is -2.57. The molecule has 0 bridgehead atoms. The zero-order valence-corrected chi connectivity index (χ0v) is 7.22. The van der Waals surface area contributed by atoms with Crippen molar-refractivity contribution in [3.05, 3.63) is 0 Å². The minimum Gasteiger partial charge on any atom is -0.480 e. The Balaban J connectivity index is 4.95. The summed E-state index contributed by atoms with van der Waals surface area (Å²) in [6, 6.07) is -2.00.